The minimum Gasteiger partial charge on any atom is -0.491 e. The van der Waals surface area contributed by atoms with Crippen LogP contribution in [-0.4, -0.2) is 85.4 Å². The zero-order valence-electron chi connectivity index (χ0n) is 19.4. The van der Waals surface area contributed by atoms with Crippen molar-refractivity contribution in [2.24, 2.45) is 4.99 Å². The summed E-state index contributed by atoms with van der Waals surface area (Å²) in [6, 6.07) is 8.02. The van der Waals surface area contributed by atoms with Gasteiger partial charge in [-0.1, -0.05) is 19.1 Å². The molecule has 0 bridgehead atoms. The molecule has 0 saturated carbocycles. The second kappa shape index (κ2) is 12.8. The van der Waals surface area contributed by atoms with Crippen molar-refractivity contribution in [2.75, 3.05) is 52.4 Å². The molecule has 0 amide bonds. The maximum Gasteiger partial charge on any atom is 0.191 e. The van der Waals surface area contributed by atoms with Crippen LogP contribution in [0.1, 0.15) is 46.3 Å². The summed E-state index contributed by atoms with van der Waals surface area (Å²) in [6.45, 7) is 18.0. The summed E-state index contributed by atoms with van der Waals surface area (Å²) in [5.41, 5.74) is 0.858. The average Bonchev–Trinajstić information content (AvgIpc) is 2.75. The number of hydrogen-bond acceptors (Lipinski definition) is 5. The molecule has 3 N–H and O–H groups in total. The van der Waals surface area contributed by atoms with Gasteiger partial charge in [-0.05, 0) is 51.9 Å². The fourth-order valence-electron chi connectivity index (χ4n) is 3.55. The van der Waals surface area contributed by atoms with Crippen molar-refractivity contribution in [1.29, 1.82) is 0 Å². The molecule has 1 aromatic carbocycles. The third-order valence-electron chi connectivity index (χ3n) is 5.43. The van der Waals surface area contributed by atoms with Gasteiger partial charge in [0.05, 0.1) is 18.8 Å². The molecule has 0 aliphatic carbocycles. The first-order chi connectivity index (χ1) is 14.4. The van der Waals surface area contributed by atoms with E-state index in [1.54, 1.807) is 0 Å². The van der Waals surface area contributed by atoms with Crippen LogP contribution < -0.4 is 15.4 Å². The third-order valence-corrected chi connectivity index (χ3v) is 5.43. The first-order valence-electron chi connectivity index (χ1n) is 11.4. The summed E-state index contributed by atoms with van der Waals surface area (Å²) < 4.78 is 5.66. The summed E-state index contributed by atoms with van der Waals surface area (Å²) in [6.07, 6.45) is -0.472. The zero-order valence-corrected chi connectivity index (χ0v) is 19.4. The number of nitrogens with zero attached hydrogens (tertiary/aromatic N) is 3. The van der Waals surface area contributed by atoms with E-state index in [4.69, 9.17) is 9.73 Å². The molecule has 1 saturated heterocycles. The number of nitrogens with one attached hydrogen (secondary N) is 2. The number of aliphatic hydroxyl groups is 1. The number of guanidine groups is 1. The Morgan fingerprint density at radius 2 is 1.73 bits per heavy atom. The number of hydrogen-bond donors (Lipinski definition) is 3. The lowest BCUT2D eigenvalue weighted by atomic mass is 10.1. The second-order valence-electron chi connectivity index (χ2n) is 8.17. The molecule has 30 heavy (non-hydrogen) atoms. The van der Waals surface area contributed by atoms with Crippen molar-refractivity contribution in [3.63, 3.8) is 0 Å². The van der Waals surface area contributed by atoms with Crippen LogP contribution in [0.25, 0.3) is 0 Å². The van der Waals surface area contributed by atoms with E-state index in [0.29, 0.717) is 12.6 Å². The van der Waals surface area contributed by atoms with Crippen molar-refractivity contribution in [2.45, 2.75) is 52.9 Å². The molecule has 1 fully saturated rings. The first kappa shape index (κ1) is 24.4. The predicted octanol–water partition coefficient (Wildman–Crippen LogP) is 2.09. The highest BCUT2D eigenvalue weighted by atomic mass is 16.5. The molecule has 170 valence electrons. The highest BCUT2D eigenvalue weighted by Crippen LogP contribution is 2.18. The van der Waals surface area contributed by atoms with Gasteiger partial charge in [0.25, 0.3) is 0 Å². The largest absolute Gasteiger partial charge is 0.491 e. The number of ether oxygens (including phenoxy) is 1. The molecule has 1 aliphatic heterocycles. The van der Waals surface area contributed by atoms with E-state index in [9.17, 15) is 5.11 Å². The van der Waals surface area contributed by atoms with Crippen molar-refractivity contribution in [1.82, 2.24) is 20.4 Å². The molecule has 2 unspecified atom stereocenters. The quantitative estimate of drug-likeness (QED) is 0.398. The number of aliphatic hydroxyl groups excluding tert-OH is 1. The van der Waals surface area contributed by atoms with Gasteiger partial charge < -0.3 is 25.4 Å². The van der Waals surface area contributed by atoms with E-state index in [-0.39, 0.29) is 6.10 Å². The smallest absolute Gasteiger partial charge is 0.191 e. The van der Waals surface area contributed by atoms with Crippen LogP contribution in [0.4, 0.5) is 0 Å². The second-order valence-corrected chi connectivity index (χ2v) is 8.17. The SMILES string of the molecule is CCNC(=NCC(C)N1CCN(CC)CC1)NCC(O)c1ccc(OC(C)C)cc1. The molecule has 1 heterocycles. The van der Waals surface area contributed by atoms with Crippen LogP contribution in [0.3, 0.4) is 0 Å². The average molecular weight is 420 g/mol. The highest BCUT2D eigenvalue weighted by Gasteiger charge is 2.20. The number of rotatable bonds is 10. The van der Waals surface area contributed by atoms with E-state index >= 15 is 0 Å². The minimum absolute atomic E-state index is 0.138. The van der Waals surface area contributed by atoms with Gasteiger partial charge in [-0.25, -0.2) is 0 Å². The molecule has 1 aromatic rings. The number of aliphatic imine (C=N–C) groups is 1. The summed E-state index contributed by atoms with van der Waals surface area (Å²) in [4.78, 5) is 9.74. The Morgan fingerprint density at radius 3 is 2.30 bits per heavy atom. The molecule has 0 spiro atoms. The van der Waals surface area contributed by atoms with Crippen LogP contribution >= 0.6 is 0 Å². The van der Waals surface area contributed by atoms with E-state index in [1.807, 2.05) is 38.1 Å². The highest BCUT2D eigenvalue weighted by molar-refractivity contribution is 5.79. The molecule has 7 heteroatoms. The Morgan fingerprint density at radius 1 is 1.07 bits per heavy atom. The third kappa shape index (κ3) is 8.13. The van der Waals surface area contributed by atoms with Crippen molar-refractivity contribution in [3.8, 4) is 5.75 Å². The van der Waals surface area contributed by atoms with Gasteiger partial charge >= 0.3 is 0 Å². The van der Waals surface area contributed by atoms with Crippen LogP contribution in [0.5, 0.6) is 5.75 Å². The summed E-state index contributed by atoms with van der Waals surface area (Å²) >= 11 is 0. The maximum absolute atomic E-state index is 10.5. The summed E-state index contributed by atoms with van der Waals surface area (Å²) in [7, 11) is 0. The minimum atomic E-state index is -0.610. The van der Waals surface area contributed by atoms with Gasteiger partial charge in [0.1, 0.15) is 5.75 Å². The molecule has 2 atom stereocenters. The van der Waals surface area contributed by atoms with Gasteiger partial charge in [-0.15, -0.1) is 0 Å². The molecule has 0 radical (unpaired) electrons. The van der Waals surface area contributed by atoms with Crippen LogP contribution in [-0.2, 0) is 0 Å². The summed E-state index contributed by atoms with van der Waals surface area (Å²) in [5, 5.41) is 17.1. The number of likely N-dealkylation sites (N-methyl/N-ethyl adjacent to an activating group) is 1. The number of benzene rings is 1. The van der Waals surface area contributed by atoms with Gasteiger partial charge in [0.2, 0.25) is 0 Å². The fourth-order valence-corrected chi connectivity index (χ4v) is 3.55. The Balaban J connectivity index is 1.83. The molecular formula is C23H41N5O2. The van der Waals surface area contributed by atoms with E-state index in [1.165, 1.54) is 0 Å². The summed E-state index contributed by atoms with van der Waals surface area (Å²) in [5.74, 6) is 1.56. The Hall–Kier alpha value is -1.83. The predicted molar refractivity (Wildman–Crippen MR) is 124 cm³/mol. The lowest BCUT2D eigenvalue weighted by molar-refractivity contribution is 0.109. The Kier molecular flexibility index (Phi) is 10.4. The standard InChI is InChI=1S/C23H41N5O2/c1-6-24-23(25-16-19(5)28-14-12-27(7-2)13-15-28)26-17-22(29)20-8-10-21(11-9-20)30-18(3)4/h8-11,18-19,22,29H,6-7,12-17H2,1-5H3,(H2,24,25,26). The van der Waals surface area contributed by atoms with Crippen LogP contribution in [0.15, 0.2) is 29.3 Å². The number of piperazine rings is 1. The van der Waals surface area contributed by atoms with E-state index in [0.717, 1.165) is 63.1 Å². The van der Waals surface area contributed by atoms with Crippen LogP contribution in [0.2, 0.25) is 0 Å². The molecule has 0 aromatic heterocycles. The van der Waals surface area contributed by atoms with Crippen molar-refractivity contribution < 1.29 is 9.84 Å². The topological polar surface area (TPSA) is 72.4 Å². The molecular weight excluding hydrogens is 378 g/mol. The van der Waals surface area contributed by atoms with Gasteiger partial charge in [0, 0.05) is 45.3 Å². The fraction of sp³-hybridized carbons (Fsp3) is 0.696. The van der Waals surface area contributed by atoms with Gasteiger partial charge in [-0.2, -0.15) is 0 Å². The van der Waals surface area contributed by atoms with Gasteiger partial charge in [-0.3, -0.25) is 9.89 Å². The lowest BCUT2D eigenvalue weighted by Gasteiger charge is -2.37. The Bertz CT molecular complexity index is 627. The molecule has 1 aliphatic rings. The van der Waals surface area contributed by atoms with Gasteiger partial charge in [0.15, 0.2) is 5.96 Å². The van der Waals surface area contributed by atoms with E-state index in [2.05, 4.69) is 41.2 Å². The van der Waals surface area contributed by atoms with Crippen molar-refractivity contribution >= 4 is 5.96 Å². The maximum atomic E-state index is 10.5. The molecule has 2 rings (SSSR count). The van der Waals surface area contributed by atoms with E-state index < -0.39 is 6.10 Å². The van der Waals surface area contributed by atoms with Crippen LogP contribution in [0, 0.1) is 0 Å². The zero-order chi connectivity index (χ0) is 21.9. The Labute approximate surface area is 182 Å². The lowest BCUT2D eigenvalue weighted by Crippen LogP contribution is -2.50. The van der Waals surface area contributed by atoms with Crippen molar-refractivity contribution in [3.05, 3.63) is 29.8 Å². The normalized spacial score (nSPS) is 18.3. The monoisotopic (exact) mass is 419 g/mol. The molecule has 7 nitrogen and oxygen atoms in total. The first-order valence-corrected chi connectivity index (χ1v) is 11.4.